The van der Waals surface area contributed by atoms with Crippen LogP contribution < -0.4 is 19.5 Å². The monoisotopic (exact) mass is 910 g/mol. The minimum absolute atomic E-state index is 0.0279. The Kier molecular flexibility index (Phi) is 16.8. The quantitative estimate of drug-likeness (QED) is 0.0397. The van der Waals surface area contributed by atoms with Crippen LogP contribution in [0, 0.1) is 27.9 Å². The van der Waals surface area contributed by atoms with Crippen LogP contribution in [0.1, 0.15) is 94.6 Å². The van der Waals surface area contributed by atoms with Crippen molar-refractivity contribution < 1.29 is 53.2 Å². The molecule has 2 amide bonds. The van der Waals surface area contributed by atoms with Crippen molar-refractivity contribution in [2.24, 2.45) is 22.9 Å². The lowest BCUT2D eigenvalue weighted by molar-refractivity contribution is -0.384. The van der Waals surface area contributed by atoms with E-state index < -0.39 is 41.1 Å². The van der Waals surface area contributed by atoms with Gasteiger partial charge >= 0.3 is 12.2 Å². The lowest BCUT2D eigenvalue weighted by Crippen LogP contribution is -2.70. The number of aliphatic hydroxyl groups is 2. The molecule has 1 saturated heterocycles. The van der Waals surface area contributed by atoms with E-state index in [1.165, 1.54) is 24.3 Å². The largest absolute Gasteiger partial charge is 0.459 e. The Morgan fingerprint density at radius 1 is 1.00 bits per heavy atom. The van der Waals surface area contributed by atoms with Gasteiger partial charge in [-0.1, -0.05) is 67.4 Å². The number of nitro groups is 1. The van der Waals surface area contributed by atoms with Crippen LogP contribution in [0.25, 0.3) is 0 Å². The molecule has 3 N–H and O–H groups in total. The molecular weight excluding hydrogens is 849 g/mol. The molecule has 16 heteroatoms. The molecule has 2 aliphatic heterocycles. The second-order valence-electron chi connectivity index (χ2n) is 17.2. The summed E-state index contributed by atoms with van der Waals surface area (Å²) in [6, 6.07) is 19.3. The zero-order valence-electron chi connectivity index (χ0n) is 37.6. The third-order valence-corrected chi connectivity index (χ3v) is 12.9. The van der Waals surface area contributed by atoms with Gasteiger partial charge < -0.3 is 44.1 Å². The maximum Gasteiger partial charge on any atom is 0.415 e. The Morgan fingerprint density at radius 3 is 2.45 bits per heavy atom. The number of carbonyl (C=O) groups is 2. The van der Waals surface area contributed by atoms with Crippen molar-refractivity contribution in [3.63, 3.8) is 0 Å². The average Bonchev–Trinajstić information content (AvgIpc) is 3.33. The Labute approximate surface area is 385 Å². The topological polar surface area (TPSA) is 201 Å². The fourth-order valence-corrected chi connectivity index (χ4v) is 9.95. The standard InChI is InChI=1S/C50H62N4O12/c1-3-25-53(49(58)64-37-21-19-36(20-22-37)54(59)60)44-32-42(52-66-45-18-10-13-29-61-45)40-30-35(16-8-11-26-55)39(17-9-12-27-56)46-41-31-38(63-48(57)51-33-34-14-6-5-7-15-34)23-24-43(41)65-50(44,47(40)46)62-28-4-2/h4-7,14-15,19-24,30-31,35,39,44-47,55-56H,2-3,8-13,16-18,25-29,32-33H2,1H3,(H,51,57). The van der Waals surface area contributed by atoms with Gasteiger partial charge in [-0.3, -0.25) is 15.0 Å². The number of non-ortho nitro benzene ring substituents is 1. The SMILES string of the molecule is C=CCOC12Oc3ccc(OC(=O)NCc4ccccc4)cc3C3C(CCCCO)C(CCCCO)C=C(C(=NOC4CCCCO4)CC1N(CCC)C(=O)Oc1ccc([N+](=O)[O-])cc1)C32. The number of allylic oxidation sites excluding steroid dienone is 1. The highest BCUT2D eigenvalue weighted by atomic mass is 16.8. The molecule has 354 valence electrons. The fraction of sp³-hybridized carbons (Fsp3) is 0.500. The van der Waals surface area contributed by atoms with Gasteiger partial charge in [-0.2, -0.15) is 0 Å². The summed E-state index contributed by atoms with van der Waals surface area (Å²) in [7, 11) is 0. The van der Waals surface area contributed by atoms with Crippen LogP contribution in [-0.4, -0.2) is 89.0 Å². The number of unbranched alkanes of at least 4 members (excludes halogenated alkanes) is 2. The number of nitro benzene ring substituents is 1. The third-order valence-electron chi connectivity index (χ3n) is 12.9. The molecule has 7 unspecified atom stereocenters. The van der Waals surface area contributed by atoms with E-state index in [1.807, 2.05) is 43.3 Å². The van der Waals surface area contributed by atoms with E-state index >= 15 is 0 Å². The predicted molar refractivity (Wildman–Crippen MR) is 245 cm³/mol. The molecule has 0 spiro atoms. The molecule has 0 bridgehead atoms. The zero-order chi connectivity index (χ0) is 46.5. The first kappa shape index (κ1) is 48.1. The molecule has 2 aliphatic carbocycles. The van der Waals surface area contributed by atoms with Crippen molar-refractivity contribution in [1.29, 1.82) is 0 Å². The lowest BCUT2D eigenvalue weighted by atomic mass is 9.55. The van der Waals surface area contributed by atoms with E-state index in [4.69, 9.17) is 33.7 Å². The van der Waals surface area contributed by atoms with Gasteiger partial charge in [0.1, 0.15) is 23.3 Å². The molecule has 3 aromatic carbocycles. The van der Waals surface area contributed by atoms with Crippen molar-refractivity contribution in [3.8, 4) is 17.2 Å². The number of rotatable bonds is 21. The summed E-state index contributed by atoms with van der Waals surface area (Å²) in [5.74, 6) is -1.76. The number of benzene rings is 3. The molecule has 4 aliphatic rings. The van der Waals surface area contributed by atoms with Crippen LogP contribution in [-0.2, 0) is 20.9 Å². The van der Waals surface area contributed by atoms with Crippen LogP contribution in [0.4, 0.5) is 15.3 Å². The highest BCUT2D eigenvalue weighted by Crippen LogP contribution is 2.62. The Bertz CT molecular complexity index is 2180. The number of nitrogens with one attached hydrogen (secondary N) is 1. The molecule has 3 aromatic rings. The normalized spacial score (nSPS) is 24.7. The van der Waals surface area contributed by atoms with Crippen molar-refractivity contribution in [2.45, 2.75) is 108 Å². The second-order valence-corrected chi connectivity index (χ2v) is 17.2. The van der Waals surface area contributed by atoms with Gasteiger partial charge in [0.05, 0.1) is 29.8 Å². The van der Waals surface area contributed by atoms with E-state index in [2.05, 4.69) is 18.0 Å². The lowest BCUT2D eigenvalue weighted by Gasteiger charge is -2.59. The van der Waals surface area contributed by atoms with E-state index in [0.29, 0.717) is 55.9 Å². The van der Waals surface area contributed by atoms with Crippen LogP contribution in [0.15, 0.2) is 102 Å². The molecule has 16 nitrogen and oxygen atoms in total. The Hall–Kier alpha value is -5.81. The van der Waals surface area contributed by atoms with Gasteiger partial charge in [-0.25, -0.2) is 9.59 Å². The first-order valence-corrected chi connectivity index (χ1v) is 23.3. The first-order valence-electron chi connectivity index (χ1n) is 23.3. The van der Waals surface area contributed by atoms with Gasteiger partial charge in [0.15, 0.2) is 0 Å². The number of amides is 2. The molecule has 7 atom stereocenters. The number of aliphatic hydroxyl groups excluding tert-OH is 2. The highest BCUT2D eigenvalue weighted by Gasteiger charge is 2.65. The number of oxime groups is 1. The Morgan fingerprint density at radius 2 is 1.76 bits per heavy atom. The maximum absolute atomic E-state index is 14.7. The van der Waals surface area contributed by atoms with Crippen LogP contribution in [0.2, 0.25) is 0 Å². The molecule has 0 aromatic heterocycles. The van der Waals surface area contributed by atoms with Crippen LogP contribution in [0.3, 0.4) is 0 Å². The summed E-state index contributed by atoms with van der Waals surface area (Å²) < 4.78 is 32.2. The van der Waals surface area contributed by atoms with E-state index in [9.17, 15) is 29.9 Å². The van der Waals surface area contributed by atoms with E-state index in [-0.39, 0.29) is 68.5 Å². The Balaban J connectivity index is 1.38. The molecule has 2 fully saturated rings. The summed E-state index contributed by atoms with van der Waals surface area (Å²) >= 11 is 0. The van der Waals surface area contributed by atoms with Gasteiger partial charge in [0.25, 0.3) is 5.69 Å². The molecule has 1 saturated carbocycles. The highest BCUT2D eigenvalue weighted by molar-refractivity contribution is 6.03. The van der Waals surface area contributed by atoms with Gasteiger partial charge in [0, 0.05) is 62.8 Å². The minimum atomic E-state index is -1.57. The predicted octanol–water partition coefficient (Wildman–Crippen LogP) is 8.95. The maximum atomic E-state index is 14.7. The third kappa shape index (κ3) is 11.2. The molecule has 66 heavy (non-hydrogen) atoms. The number of ether oxygens (including phenoxy) is 5. The van der Waals surface area contributed by atoms with Crippen molar-refractivity contribution in [1.82, 2.24) is 10.2 Å². The average molecular weight is 911 g/mol. The summed E-state index contributed by atoms with van der Waals surface area (Å²) in [6.45, 7) is 7.12. The van der Waals surface area contributed by atoms with Crippen LogP contribution in [0.5, 0.6) is 17.2 Å². The minimum Gasteiger partial charge on any atom is -0.459 e. The summed E-state index contributed by atoms with van der Waals surface area (Å²) in [5, 5.41) is 39.1. The van der Waals surface area contributed by atoms with Gasteiger partial charge in [0.2, 0.25) is 12.1 Å². The summed E-state index contributed by atoms with van der Waals surface area (Å²) in [6.07, 6.45) is 9.28. The summed E-state index contributed by atoms with van der Waals surface area (Å²) in [4.78, 5) is 46.7. The molecule has 7 rings (SSSR count). The summed E-state index contributed by atoms with van der Waals surface area (Å²) in [5.41, 5.74) is 2.98. The number of nitrogens with zero attached hydrogens (tertiary/aromatic N) is 3. The van der Waals surface area contributed by atoms with E-state index in [0.717, 1.165) is 48.8 Å². The zero-order valence-corrected chi connectivity index (χ0v) is 37.6. The first-order chi connectivity index (χ1) is 32.2. The van der Waals surface area contributed by atoms with Crippen molar-refractivity contribution >= 4 is 23.6 Å². The second kappa shape index (κ2) is 23.1. The fourth-order valence-electron chi connectivity index (χ4n) is 9.95. The van der Waals surface area contributed by atoms with Crippen LogP contribution >= 0.6 is 0 Å². The smallest absolute Gasteiger partial charge is 0.415 e. The number of hydrogen-bond donors (Lipinski definition) is 3. The van der Waals surface area contributed by atoms with Crippen molar-refractivity contribution in [2.75, 3.05) is 33.0 Å². The molecule has 0 radical (unpaired) electrons. The number of fused-ring (bicyclic) bond motifs is 2. The van der Waals surface area contributed by atoms with Gasteiger partial charge in [-0.15, -0.1) is 6.58 Å². The molecular formula is C50H62N4O12. The molecule has 2 heterocycles. The van der Waals surface area contributed by atoms with Crippen molar-refractivity contribution in [3.05, 3.63) is 118 Å². The van der Waals surface area contributed by atoms with E-state index in [1.54, 1.807) is 23.1 Å². The number of hydrogen-bond acceptors (Lipinski definition) is 13. The number of carbonyl (C=O) groups excluding carboxylic acids is 2. The van der Waals surface area contributed by atoms with Gasteiger partial charge in [-0.05, 0) is 98.2 Å².